The molecule has 20 heavy (non-hydrogen) atoms. The van der Waals surface area contributed by atoms with Crippen molar-refractivity contribution >= 4 is 11.3 Å². The SMILES string of the molecule is CC1(O)CCCN(Cc2noc(-c3ccsc3)n2)CC1. The fourth-order valence-electron chi connectivity index (χ4n) is 2.50. The summed E-state index contributed by atoms with van der Waals surface area (Å²) in [4.78, 5) is 6.72. The summed E-state index contributed by atoms with van der Waals surface area (Å²) in [5, 5.41) is 18.1. The van der Waals surface area contributed by atoms with Crippen LogP contribution in [0.3, 0.4) is 0 Å². The van der Waals surface area contributed by atoms with Gasteiger partial charge in [0.2, 0.25) is 0 Å². The lowest BCUT2D eigenvalue weighted by Gasteiger charge is -2.21. The predicted octanol–water partition coefficient (Wildman–Crippen LogP) is 2.54. The zero-order valence-corrected chi connectivity index (χ0v) is 12.4. The molecule has 1 aliphatic heterocycles. The molecule has 0 aliphatic carbocycles. The molecule has 3 rings (SSSR count). The van der Waals surface area contributed by atoms with Gasteiger partial charge in [-0.3, -0.25) is 4.90 Å². The normalized spacial score (nSPS) is 24.7. The average molecular weight is 293 g/mol. The van der Waals surface area contributed by atoms with E-state index in [1.54, 1.807) is 11.3 Å². The van der Waals surface area contributed by atoms with E-state index in [0.29, 0.717) is 18.3 Å². The van der Waals surface area contributed by atoms with Crippen molar-refractivity contribution in [2.75, 3.05) is 13.1 Å². The molecule has 0 amide bonds. The molecule has 108 valence electrons. The van der Waals surface area contributed by atoms with Gasteiger partial charge >= 0.3 is 0 Å². The fraction of sp³-hybridized carbons (Fsp3) is 0.571. The lowest BCUT2D eigenvalue weighted by molar-refractivity contribution is 0.0443. The van der Waals surface area contributed by atoms with E-state index in [1.807, 2.05) is 23.8 Å². The van der Waals surface area contributed by atoms with Gasteiger partial charge in [-0.2, -0.15) is 16.3 Å². The van der Waals surface area contributed by atoms with E-state index in [4.69, 9.17) is 4.52 Å². The number of thiophene rings is 1. The molecule has 0 aromatic carbocycles. The molecule has 1 fully saturated rings. The van der Waals surface area contributed by atoms with Crippen LogP contribution in [0.2, 0.25) is 0 Å². The van der Waals surface area contributed by atoms with Gasteiger partial charge in [0.05, 0.1) is 17.7 Å². The quantitative estimate of drug-likeness (QED) is 0.942. The van der Waals surface area contributed by atoms with Crippen LogP contribution in [0, 0.1) is 0 Å². The molecule has 1 N–H and O–H groups in total. The Morgan fingerprint density at radius 3 is 3.15 bits per heavy atom. The topological polar surface area (TPSA) is 62.4 Å². The first-order chi connectivity index (χ1) is 9.62. The van der Waals surface area contributed by atoms with Crippen LogP contribution in [-0.2, 0) is 6.54 Å². The fourth-order valence-corrected chi connectivity index (χ4v) is 3.13. The second-order valence-electron chi connectivity index (χ2n) is 5.65. The van der Waals surface area contributed by atoms with Gasteiger partial charge in [-0.05, 0) is 44.2 Å². The van der Waals surface area contributed by atoms with E-state index in [-0.39, 0.29) is 0 Å². The Labute approximate surface area is 122 Å². The van der Waals surface area contributed by atoms with E-state index in [1.165, 1.54) is 0 Å². The van der Waals surface area contributed by atoms with Gasteiger partial charge in [0.1, 0.15) is 0 Å². The van der Waals surface area contributed by atoms with Crippen molar-refractivity contribution in [2.24, 2.45) is 0 Å². The largest absolute Gasteiger partial charge is 0.390 e. The Morgan fingerprint density at radius 2 is 2.35 bits per heavy atom. The number of likely N-dealkylation sites (tertiary alicyclic amines) is 1. The molecule has 5 nitrogen and oxygen atoms in total. The Kier molecular flexibility index (Phi) is 3.87. The van der Waals surface area contributed by atoms with Crippen molar-refractivity contribution in [1.82, 2.24) is 15.0 Å². The number of hydrogen-bond acceptors (Lipinski definition) is 6. The second kappa shape index (κ2) is 5.63. The van der Waals surface area contributed by atoms with Gasteiger partial charge in [-0.1, -0.05) is 5.16 Å². The number of aromatic nitrogens is 2. The van der Waals surface area contributed by atoms with Crippen LogP contribution in [0.25, 0.3) is 11.5 Å². The molecule has 3 heterocycles. The molecule has 2 aromatic heterocycles. The highest BCUT2D eigenvalue weighted by molar-refractivity contribution is 7.08. The van der Waals surface area contributed by atoms with Crippen molar-refractivity contribution in [3.63, 3.8) is 0 Å². The van der Waals surface area contributed by atoms with E-state index in [0.717, 1.165) is 37.9 Å². The van der Waals surface area contributed by atoms with Crippen molar-refractivity contribution in [3.05, 3.63) is 22.7 Å². The zero-order valence-electron chi connectivity index (χ0n) is 11.6. The molecule has 1 aliphatic rings. The summed E-state index contributed by atoms with van der Waals surface area (Å²) in [7, 11) is 0. The summed E-state index contributed by atoms with van der Waals surface area (Å²) >= 11 is 1.62. The molecule has 1 unspecified atom stereocenters. The number of hydrogen-bond donors (Lipinski definition) is 1. The van der Waals surface area contributed by atoms with E-state index >= 15 is 0 Å². The highest BCUT2D eigenvalue weighted by Crippen LogP contribution is 2.23. The van der Waals surface area contributed by atoms with Crippen LogP contribution in [0.1, 0.15) is 32.0 Å². The van der Waals surface area contributed by atoms with Gasteiger partial charge in [-0.15, -0.1) is 0 Å². The number of rotatable bonds is 3. The average Bonchev–Trinajstić information content (AvgIpc) is 3.03. The third-order valence-corrected chi connectivity index (χ3v) is 4.44. The van der Waals surface area contributed by atoms with Crippen LogP contribution in [0.15, 0.2) is 21.3 Å². The standard InChI is InChI=1S/C14H19N3O2S/c1-14(18)4-2-6-17(7-5-14)9-12-15-13(19-16-12)11-3-8-20-10-11/h3,8,10,18H,2,4-7,9H2,1H3. The van der Waals surface area contributed by atoms with Crippen LogP contribution < -0.4 is 0 Å². The highest BCUT2D eigenvalue weighted by Gasteiger charge is 2.25. The maximum absolute atomic E-state index is 10.1. The van der Waals surface area contributed by atoms with Gasteiger partial charge in [-0.25, -0.2) is 0 Å². The highest BCUT2D eigenvalue weighted by atomic mass is 32.1. The Balaban J connectivity index is 1.63. The Bertz CT molecular complexity index is 551. The second-order valence-corrected chi connectivity index (χ2v) is 6.43. The molecule has 2 aromatic rings. The Morgan fingerprint density at radius 1 is 1.45 bits per heavy atom. The molecule has 0 bridgehead atoms. The van der Waals surface area contributed by atoms with E-state index in [9.17, 15) is 5.11 Å². The van der Waals surface area contributed by atoms with Gasteiger partial charge in [0, 0.05) is 11.9 Å². The number of nitrogens with zero attached hydrogens (tertiary/aromatic N) is 3. The van der Waals surface area contributed by atoms with Crippen molar-refractivity contribution in [2.45, 2.75) is 38.3 Å². The molecule has 0 saturated carbocycles. The predicted molar refractivity (Wildman–Crippen MR) is 77.4 cm³/mol. The Hall–Kier alpha value is -1.24. The maximum atomic E-state index is 10.1. The summed E-state index contributed by atoms with van der Waals surface area (Å²) < 4.78 is 5.29. The zero-order chi connectivity index (χ0) is 14.0. The van der Waals surface area contributed by atoms with Crippen LogP contribution >= 0.6 is 11.3 Å². The summed E-state index contributed by atoms with van der Waals surface area (Å²) in [5.74, 6) is 1.30. The van der Waals surface area contributed by atoms with E-state index < -0.39 is 5.60 Å². The minimum Gasteiger partial charge on any atom is -0.390 e. The summed E-state index contributed by atoms with van der Waals surface area (Å²) in [6.07, 6.45) is 2.65. The summed E-state index contributed by atoms with van der Waals surface area (Å²) in [6, 6.07) is 1.98. The molecule has 0 spiro atoms. The smallest absolute Gasteiger partial charge is 0.258 e. The monoisotopic (exact) mass is 293 g/mol. The van der Waals surface area contributed by atoms with Crippen molar-refractivity contribution < 1.29 is 9.63 Å². The maximum Gasteiger partial charge on any atom is 0.258 e. The van der Waals surface area contributed by atoms with Gasteiger partial charge in [0.25, 0.3) is 5.89 Å². The minimum absolute atomic E-state index is 0.534. The molecule has 1 saturated heterocycles. The van der Waals surface area contributed by atoms with Crippen molar-refractivity contribution in [1.29, 1.82) is 0 Å². The van der Waals surface area contributed by atoms with Gasteiger partial charge in [0.15, 0.2) is 5.82 Å². The lowest BCUT2D eigenvalue weighted by Crippen LogP contribution is -2.28. The molecular formula is C14H19N3O2S. The van der Waals surface area contributed by atoms with Crippen LogP contribution in [0.5, 0.6) is 0 Å². The summed E-state index contributed by atoms with van der Waals surface area (Å²) in [6.45, 7) is 4.44. The number of aliphatic hydroxyl groups is 1. The van der Waals surface area contributed by atoms with Crippen LogP contribution in [-0.4, -0.2) is 38.8 Å². The first-order valence-electron chi connectivity index (χ1n) is 6.92. The third kappa shape index (κ3) is 3.26. The molecule has 1 atom stereocenters. The van der Waals surface area contributed by atoms with E-state index in [2.05, 4.69) is 15.0 Å². The van der Waals surface area contributed by atoms with Crippen LogP contribution in [0.4, 0.5) is 0 Å². The summed E-state index contributed by atoms with van der Waals surface area (Å²) in [5.41, 5.74) is 0.445. The third-order valence-electron chi connectivity index (χ3n) is 3.76. The molecular weight excluding hydrogens is 274 g/mol. The lowest BCUT2D eigenvalue weighted by atomic mass is 9.98. The minimum atomic E-state index is -0.534. The first kappa shape index (κ1) is 13.7. The molecule has 6 heteroatoms. The molecule has 0 radical (unpaired) electrons. The van der Waals surface area contributed by atoms with Gasteiger partial charge < -0.3 is 9.63 Å². The first-order valence-corrected chi connectivity index (χ1v) is 7.87. The van der Waals surface area contributed by atoms with Crippen molar-refractivity contribution in [3.8, 4) is 11.5 Å².